The predicted octanol–water partition coefficient (Wildman–Crippen LogP) is 3.22. The molecule has 0 aliphatic rings. The summed E-state index contributed by atoms with van der Waals surface area (Å²) >= 11 is 8.61. The summed E-state index contributed by atoms with van der Waals surface area (Å²) in [5, 5.41) is 0.0282. The van der Waals surface area contributed by atoms with Crippen molar-refractivity contribution in [1.29, 1.82) is 0 Å². The molecule has 0 radical (unpaired) electrons. The lowest BCUT2D eigenvalue weighted by atomic mass is 10.2. The first-order valence-corrected chi connectivity index (χ1v) is 3.94. The predicted molar refractivity (Wildman–Crippen MR) is 47.0 cm³/mol. The highest BCUT2D eigenvalue weighted by molar-refractivity contribution is 9.10. The molecule has 0 aromatic heterocycles. The highest BCUT2D eigenvalue weighted by Crippen LogP contribution is 2.26. The SMILES string of the molecule is C#Cc1ccc(Br)c(Cl)c1F. The van der Waals surface area contributed by atoms with Gasteiger partial charge in [0, 0.05) is 4.47 Å². The summed E-state index contributed by atoms with van der Waals surface area (Å²) in [6, 6.07) is 3.10. The molecule has 0 saturated carbocycles. The second-order valence-corrected chi connectivity index (χ2v) is 3.10. The van der Waals surface area contributed by atoms with Crippen molar-refractivity contribution in [2.75, 3.05) is 0 Å². The van der Waals surface area contributed by atoms with Crippen LogP contribution in [0.4, 0.5) is 4.39 Å². The van der Waals surface area contributed by atoms with E-state index in [4.69, 9.17) is 18.0 Å². The summed E-state index contributed by atoms with van der Waals surface area (Å²) in [6.45, 7) is 0. The summed E-state index contributed by atoms with van der Waals surface area (Å²) in [5.41, 5.74) is 0.179. The van der Waals surface area contributed by atoms with Gasteiger partial charge in [0.25, 0.3) is 0 Å². The van der Waals surface area contributed by atoms with E-state index in [2.05, 4.69) is 21.9 Å². The lowest BCUT2D eigenvalue weighted by Gasteiger charge is -1.98. The van der Waals surface area contributed by atoms with Crippen molar-refractivity contribution in [2.45, 2.75) is 0 Å². The Morgan fingerprint density at radius 3 is 2.73 bits per heavy atom. The second-order valence-electron chi connectivity index (χ2n) is 1.87. The molecule has 0 spiro atoms. The molecular weight excluding hydrogens is 230 g/mol. The number of terminal acetylenes is 1. The van der Waals surface area contributed by atoms with E-state index >= 15 is 0 Å². The van der Waals surface area contributed by atoms with Crippen LogP contribution in [0.25, 0.3) is 0 Å². The molecule has 11 heavy (non-hydrogen) atoms. The Labute approximate surface area is 77.5 Å². The van der Waals surface area contributed by atoms with E-state index in [9.17, 15) is 4.39 Å². The normalized spacial score (nSPS) is 9.27. The van der Waals surface area contributed by atoms with E-state index in [1.54, 1.807) is 6.07 Å². The fourth-order valence-corrected chi connectivity index (χ4v) is 1.11. The van der Waals surface area contributed by atoms with Gasteiger partial charge in [0.1, 0.15) is 0 Å². The Morgan fingerprint density at radius 1 is 1.55 bits per heavy atom. The molecule has 0 heterocycles. The van der Waals surface area contributed by atoms with Gasteiger partial charge in [0.05, 0.1) is 10.6 Å². The zero-order valence-corrected chi connectivity index (χ0v) is 7.71. The van der Waals surface area contributed by atoms with Gasteiger partial charge >= 0.3 is 0 Å². The fourth-order valence-electron chi connectivity index (χ4n) is 0.637. The number of halogens is 3. The molecular formula is C8H3BrClF. The Kier molecular flexibility index (Phi) is 2.53. The minimum atomic E-state index is -0.552. The quantitative estimate of drug-likeness (QED) is 0.477. The van der Waals surface area contributed by atoms with Crippen LogP contribution in [0.15, 0.2) is 16.6 Å². The standard InChI is InChI=1S/C8H3BrClF/c1-2-5-3-4-6(9)7(10)8(5)11/h1,3-4H. The van der Waals surface area contributed by atoms with Gasteiger partial charge in [-0.3, -0.25) is 0 Å². The lowest BCUT2D eigenvalue weighted by molar-refractivity contribution is 0.624. The summed E-state index contributed by atoms with van der Waals surface area (Å²) in [4.78, 5) is 0. The zero-order valence-electron chi connectivity index (χ0n) is 5.37. The molecule has 0 aliphatic carbocycles. The molecule has 1 aromatic carbocycles. The molecule has 1 aromatic rings. The number of rotatable bonds is 0. The summed E-state index contributed by atoms with van der Waals surface area (Å²) < 4.78 is 13.5. The van der Waals surface area contributed by atoms with Crippen molar-refractivity contribution in [3.63, 3.8) is 0 Å². The highest BCUT2D eigenvalue weighted by Gasteiger charge is 2.07. The Balaban J connectivity index is 3.40. The van der Waals surface area contributed by atoms with E-state index in [0.29, 0.717) is 4.47 Å². The van der Waals surface area contributed by atoms with Crippen LogP contribution in [-0.2, 0) is 0 Å². The summed E-state index contributed by atoms with van der Waals surface area (Å²) in [6.07, 6.45) is 5.01. The van der Waals surface area contributed by atoms with Crippen LogP contribution in [0.3, 0.4) is 0 Å². The molecule has 0 nitrogen and oxygen atoms in total. The summed E-state index contributed by atoms with van der Waals surface area (Å²) in [7, 11) is 0. The van der Waals surface area contributed by atoms with Crippen molar-refractivity contribution in [3.05, 3.63) is 33.0 Å². The molecule has 0 aliphatic heterocycles. The molecule has 0 atom stereocenters. The Hall–Kier alpha value is -0.520. The number of hydrogen-bond donors (Lipinski definition) is 0. The number of benzene rings is 1. The molecule has 56 valence electrons. The third-order valence-electron chi connectivity index (χ3n) is 1.19. The molecule has 0 bridgehead atoms. The third kappa shape index (κ3) is 1.55. The number of hydrogen-bond acceptors (Lipinski definition) is 0. The first kappa shape index (κ1) is 8.58. The van der Waals surface area contributed by atoms with Gasteiger partial charge in [0.2, 0.25) is 0 Å². The van der Waals surface area contributed by atoms with E-state index < -0.39 is 5.82 Å². The monoisotopic (exact) mass is 232 g/mol. The Morgan fingerprint density at radius 2 is 2.18 bits per heavy atom. The summed E-state index contributed by atoms with van der Waals surface area (Å²) in [5.74, 6) is 1.63. The molecule has 1 rings (SSSR count). The van der Waals surface area contributed by atoms with Crippen molar-refractivity contribution >= 4 is 27.5 Å². The first-order valence-electron chi connectivity index (χ1n) is 2.77. The van der Waals surface area contributed by atoms with Gasteiger partial charge in [0.15, 0.2) is 5.82 Å². The van der Waals surface area contributed by atoms with Crippen LogP contribution in [-0.4, -0.2) is 0 Å². The van der Waals surface area contributed by atoms with Crippen LogP contribution >= 0.6 is 27.5 Å². The van der Waals surface area contributed by atoms with Gasteiger partial charge in [-0.1, -0.05) is 17.5 Å². The van der Waals surface area contributed by atoms with Gasteiger partial charge in [-0.05, 0) is 28.1 Å². The zero-order chi connectivity index (χ0) is 8.43. The molecule has 0 fully saturated rings. The van der Waals surface area contributed by atoms with Gasteiger partial charge in [-0.25, -0.2) is 4.39 Å². The maximum absolute atomic E-state index is 13.0. The molecule has 0 saturated heterocycles. The average molecular weight is 233 g/mol. The minimum absolute atomic E-state index is 0.0282. The largest absolute Gasteiger partial charge is 0.204 e. The highest BCUT2D eigenvalue weighted by atomic mass is 79.9. The topological polar surface area (TPSA) is 0 Å². The van der Waals surface area contributed by atoms with Gasteiger partial charge in [-0.2, -0.15) is 0 Å². The van der Waals surface area contributed by atoms with Crippen molar-refractivity contribution in [1.82, 2.24) is 0 Å². The third-order valence-corrected chi connectivity index (χ3v) is 2.45. The molecule has 0 N–H and O–H groups in total. The maximum Gasteiger partial charge on any atom is 0.158 e. The lowest BCUT2D eigenvalue weighted by Crippen LogP contribution is -1.84. The average Bonchev–Trinajstić information content (AvgIpc) is 2.01. The van der Waals surface area contributed by atoms with Crippen LogP contribution in [0.1, 0.15) is 5.56 Å². The smallest absolute Gasteiger partial charge is 0.158 e. The van der Waals surface area contributed by atoms with Crippen molar-refractivity contribution in [3.8, 4) is 12.3 Å². The van der Waals surface area contributed by atoms with E-state index in [0.717, 1.165) is 0 Å². The van der Waals surface area contributed by atoms with Crippen LogP contribution in [0.2, 0.25) is 5.02 Å². The van der Waals surface area contributed by atoms with Gasteiger partial charge < -0.3 is 0 Å². The van der Waals surface area contributed by atoms with Gasteiger partial charge in [-0.15, -0.1) is 6.42 Å². The molecule has 0 unspecified atom stereocenters. The van der Waals surface area contributed by atoms with Crippen LogP contribution in [0, 0.1) is 18.2 Å². The van der Waals surface area contributed by atoms with E-state index in [1.807, 2.05) is 0 Å². The Bertz CT molecular complexity index is 328. The van der Waals surface area contributed by atoms with Crippen LogP contribution in [0.5, 0.6) is 0 Å². The minimum Gasteiger partial charge on any atom is -0.204 e. The van der Waals surface area contributed by atoms with Crippen LogP contribution < -0.4 is 0 Å². The van der Waals surface area contributed by atoms with E-state index in [-0.39, 0.29) is 10.6 Å². The second kappa shape index (κ2) is 3.25. The maximum atomic E-state index is 13.0. The van der Waals surface area contributed by atoms with Crippen molar-refractivity contribution in [2.24, 2.45) is 0 Å². The fraction of sp³-hybridized carbons (Fsp3) is 0. The molecule has 0 amide bonds. The first-order chi connectivity index (χ1) is 5.16. The molecule has 3 heteroatoms. The van der Waals surface area contributed by atoms with Crippen molar-refractivity contribution < 1.29 is 4.39 Å². The van der Waals surface area contributed by atoms with E-state index in [1.165, 1.54) is 6.07 Å².